The van der Waals surface area contributed by atoms with E-state index in [1.165, 1.54) is 6.07 Å². The average molecular weight is 536 g/mol. The Hall–Kier alpha value is -4.31. The van der Waals surface area contributed by atoms with Crippen LogP contribution in [0.5, 0.6) is 0 Å². The van der Waals surface area contributed by atoms with Gasteiger partial charge in [-0.25, -0.2) is 13.2 Å². The van der Waals surface area contributed by atoms with Crippen LogP contribution in [0.3, 0.4) is 0 Å². The minimum absolute atomic E-state index is 0.118. The maximum Gasteiger partial charge on any atom is 0.294 e. The van der Waals surface area contributed by atoms with Crippen LogP contribution in [0.2, 0.25) is 0 Å². The van der Waals surface area contributed by atoms with Gasteiger partial charge in [0, 0.05) is 33.8 Å². The summed E-state index contributed by atoms with van der Waals surface area (Å²) in [5.41, 5.74) is 2.54. The smallest absolute Gasteiger partial charge is 0.294 e. The first-order valence-corrected chi connectivity index (χ1v) is 12.4. The van der Waals surface area contributed by atoms with Gasteiger partial charge in [0.05, 0.1) is 17.1 Å². The number of carbonyl (C=O) groups is 3. The van der Waals surface area contributed by atoms with Crippen LogP contribution in [-0.2, 0) is 16.1 Å². The summed E-state index contributed by atoms with van der Waals surface area (Å²) in [6.45, 7) is 1.49. The highest BCUT2D eigenvalue weighted by Gasteiger charge is 2.36. The Morgan fingerprint density at radius 3 is 2.47 bits per heavy atom. The minimum atomic E-state index is -0.977. The first-order valence-electron chi connectivity index (χ1n) is 11.5. The molecular formula is C28H20F3N3O3S. The predicted octanol–water partition coefficient (Wildman–Crippen LogP) is 6.09. The Kier molecular flexibility index (Phi) is 6.81. The summed E-state index contributed by atoms with van der Waals surface area (Å²) in [4.78, 5) is 39.0. The molecule has 1 saturated heterocycles. The number of imide groups is 1. The Balaban J connectivity index is 1.42. The van der Waals surface area contributed by atoms with Crippen molar-refractivity contribution in [1.82, 2.24) is 9.47 Å². The lowest BCUT2D eigenvalue weighted by molar-refractivity contribution is -0.127. The van der Waals surface area contributed by atoms with Gasteiger partial charge in [-0.3, -0.25) is 19.3 Å². The summed E-state index contributed by atoms with van der Waals surface area (Å²) in [6.07, 6.45) is 1.60. The molecule has 0 unspecified atom stereocenters. The predicted molar refractivity (Wildman–Crippen MR) is 140 cm³/mol. The van der Waals surface area contributed by atoms with E-state index < -0.39 is 35.2 Å². The second kappa shape index (κ2) is 10.2. The average Bonchev–Trinajstić information content (AvgIpc) is 3.30. The zero-order valence-corrected chi connectivity index (χ0v) is 20.8. The maximum atomic E-state index is 14.4. The monoisotopic (exact) mass is 535 g/mol. The summed E-state index contributed by atoms with van der Waals surface area (Å²) >= 11 is 0.689. The van der Waals surface area contributed by atoms with Crippen molar-refractivity contribution in [1.29, 1.82) is 0 Å². The molecule has 5 rings (SSSR count). The van der Waals surface area contributed by atoms with Crippen molar-refractivity contribution in [3.8, 4) is 0 Å². The largest absolute Gasteiger partial charge is 0.340 e. The molecule has 4 aromatic rings. The third-order valence-corrected chi connectivity index (χ3v) is 7.13. The van der Waals surface area contributed by atoms with E-state index in [4.69, 9.17) is 0 Å². The second-order valence-electron chi connectivity index (χ2n) is 8.63. The summed E-state index contributed by atoms with van der Waals surface area (Å²) in [5, 5.41) is 2.41. The number of carbonyl (C=O) groups excluding carboxylic acids is 3. The molecule has 0 aliphatic carbocycles. The quantitative estimate of drug-likeness (QED) is 0.304. The molecule has 0 radical (unpaired) electrons. The molecule has 0 bridgehead atoms. The van der Waals surface area contributed by atoms with Crippen molar-refractivity contribution in [2.24, 2.45) is 0 Å². The van der Waals surface area contributed by atoms with Crippen LogP contribution in [0.15, 0.2) is 71.6 Å². The van der Waals surface area contributed by atoms with E-state index in [-0.39, 0.29) is 23.0 Å². The van der Waals surface area contributed by atoms with Crippen LogP contribution in [0.4, 0.5) is 23.7 Å². The number of anilines is 1. The molecule has 3 aromatic carbocycles. The highest BCUT2D eigenvalue weighted by Crippen LogP contribution is 2.36. The minimum Gasteiger partial charge on any atom is -0.340 e. The molecule has 1 aliphatic heterocycles. The van der Waals surface area contributed by atoms with Crippen molar-refractivity contribution < 1.29 is 27.6 Å². The van der Waals surface area contributed by atoms with E-state index in [9.17, 15) is 27.6 Å². The first-order chi connectivity index (χ1) is 18.2. The number of hydrogen-bond acceptors (Lipinski definition) is 4. The highest BCUT2D eigenvalue weighted by molar-refractivity contribution is 8.18. The van der Waals surface area contributed by atoms with Gasteiger partial charge in [-0.05, 0) is 49.0 Å². The lowest BCUT2D eigenvalue weighted by Gasteiger charge is -2.12. The molecule has 3 amide bonds. The van der Waals surface area contributed by atoms with Gasteiger partial charge in [0.25, 0.3) is 11.1 Å². The van der Waals surface area contributed by atoms with E-state index in [0.717, 1.165) is 33.6 Å². The van der Waals surface area contributed by atoms with Gasteiger partial charge in [0.1, 0.15) is 24.0 Å². The van der Waals surface area contributed by atoms with Crippen molar-refractivity contribution in [2.45, 2.75) is 13.5 Å². The Labute approximate surface area is 219 Å². The molecule has 1 N–H and O–H groups in total. The summed E-state index contributed by atoms with van der Waals surface area (Å²) in [5.74, 6) is -3.58. The fraction of sp³-hybridized carbons (Fsp3) is 0.107. The Morgan fingerprint density at radius 1 is 0.974 bits per heavy atom. The van der Waals surface area contributed by atoms with Gasteiger partial charge < -0.3 is 9.88 Å². The topological polar surface area (TPSA) is 71.4 Å². The molecule has 1 fully saturated rings. The number of fused-ring (bicyclic) bond motifs is 1. The lowest BCUT2D eigenvalue weighted by atomic mass is 10.1. The summed E-state index contributed by atoms with van der Waals surface area (Å²) < 4.78 is 43.3. The van der Waals surface area contributed by atoms with Crippen molar-refractivity contribution >= 4 is 51.5 Å². The lowest BCUT2D eigenvalue weighted by Crippen LogP contribution is -2.36. The van der Waals surface area contributed by atoms with Gasteiger partial charge in [0.15, 0.2) is 0 Å². The number of benzene rings is 3. The molecule has 2 heterocycles. The zero-order chi connectivity index (χ0) is 27.0. The molecule has 10 heteroatoms. The Bertz CT molecular complexity index is 1650. The fourth-order valence-electron chi connectivity index (χ4n) is 4.33. The van der Waals surface area contributed by atoms with Crippen LogP contribution in [0, 0.1) is 24.4 Å². The number of halogens is 3. The normalized spacial score (nSPS) is 14.6. The van der Waals surface area contributed by atoms with Gasteiger partial charge in [-0.1, -0.05) is 36.4 Å². The number of rotatable bonds is 6. The fourth-order valence-corrected chi connectivity index (χ4v) is 5.15. The van der Waals surface area contributed by atoms with Crippen LogP contribution >= 0.6 is 11.8 Å². The van der Waals surface area contributed by atoms with E-state index in [1.807, 2.05) is 35.8 Å². The Morgan fingerprint density at radius 2 is 1.71 bits per heavy atom. The highest BCUT2D eigenvalue weighted by atomic mass is 32.2. The van der Waals surface area contributed by atoms with E-state index in [0.29, 0.717) is 29.0 Å². The van der Waals surface area contributed by atoms with Crippen molar-refractivity contribution in [3.63, 3.8) is 0 Å². The van der Waals surface area contributed by atoms with Gasteiger partial charge in [-0.15, -0.1) is 0 Å². The van der Waals surface area contributed by atoms with Crippen LogP contribution in [0.25, 0.3) is 17.0 Å². The number of amides is 3. The second-order valence-corrected chi connectivity index (χ2v) is 9.63. The number of nitrogens with zero attached hydrogens (tertiary/aromatic N) is 2. The van der Waals surface area contributed by atoms with Gasteiger partial charge in [0.2, 0.25) is 5.91 Å². The van der Waals surface area contributed by atoms with Crippen molar-refractivity contribution in [2.75, 3.05) is 11.9 Å². The molecule has 1 aromatic heterocycles. The van der Waals surface area contributed by atoms with Crippen molar-refractivity contribution in [3.05, 3.63) is 106 Å². The standard InChI is InChI=1S/C28H20F3N3O3S/c1-16-20(19-7-3-5-9-24(19)33(16)14-17-6-2-4-8-21(17)30)13-25-27(36)34(28(37)38-25)15-26(35)32-23-11-10-18(29)12-22(23)31/h2-13H,14-15H2,1H3,(H,32,35)/b25-13-. The van der Waals surface area contributed by atoms with Gasteiger partial charge >= 0.3 is 0 Å². The number of para-hydroxylation sites is 1. The SMILES string of the molecule is Cc1c(/C=C2\SC(=O)N(CC(=O)Nc3ccc(F)cc3F)C2=O)c2ccccc2n1Cc1ccccc1F. The maximum absolute atomic E-state index is 14.4. The first kappa shape index (κ1) is 25.3. The summed E-state index contributed by atoms with van der Waals surface area (Å²) in [6, 6.07) is 16.6. The molecular weight excluding hydrogens is 515 g/mol. The van der Waals surface area contributed by atoms with E-state index in [2.05, 4.69) is 5.32 Å². The van der Waals surface area contributed by atoms with E-state index >= 15 is 0 Å². The summed E-state index contributed by atoms with van der Waals surface area (Å²) in [7, 11) is 0. The molecule has 1 aliphatic rings. The van der Waals surface area contributed by atoms with Crippen LogP contribution in [-0.4, -0.2) is 33.1 Å². The molecule has 192 valence electrons. The number of nitrogens with one attached hydrogen (secondary N) is 1. The zero-order valence-electron chi connectivity index (χ0n) is 20.0. The third kappa shape index (κ3) is 4.82. The molecule has 0 saturated carbocycles. The molecule has 6 nitrogen and oxygen atoms in total. The molecule has 0 spiro atoms. The number of thioether (sulfide) groups is 1. The molecule has 0 atom stereocenters. The molecule has 38 heavy (non-hydrogen) atoms. The number of aromatic nitrogens is 1. The number of hydrogen-bond donors (Lipinski definition) is 1. The van der Waals surface area contributed by atoms with Gasteiger partial charge in [-0.2, -0.15) is 0 Å². The van der Waals surface area contributed by atoms with Crippen LogP contribution in [0.1, 0.15) is 16.8 Å². The van der Waals surface area contributed by atoms with E-state index in [1.54, 1.807) is 24.3 Å². The van der Waals surface area contributed by atoms with Crippen LogP contribution < -0.4 is 5.32 Å². The third-order valence-electron chi connectivity index (χ3n) is 6.22.